The Bertz CT molecular complexity index is 552. The molecular formula is C13H14N2O3. The Balaban J connectivity index is 1.96. The number of methoxy groups -OCH3 is 1. The Morgan fingerprint density at radius 2 is 1.94 bits per heavy atom. The maximum Gasteiger partial charge on any atom is 0.267 e. The summed E-state index contributed by atoms with van der Waals surface area (Å²) in [6, 6.07) is 12.4. The molecule has 94 valence electrons. The van der Waals surface area contributed by atoms with Gasteiger partial charge in [-0.1, -0.05) is 18.2 Å². The summed E-state index contributed by atoms with van der Waals surface area (Å²) in [6.45, 7) is 0.759. The van der Waals surface area contributed by atoms with Crippen molar-refractivity contribution in [3.8, 4) is 11.6 Å². The average molecular weight is 246 g/mol. The molecule has 1 heterocycles. The van der Waals surface area contributed by atoms with E-state index in [0.717, 1.165) is 5.75 Å². The summed E-state index contributed by atoms with van der Waals surface area (Å²) >= 11 is 0. The van der Waals surface area contributed by atoms with Crippen LogP contribution < -0.4 is 15.0 Å². The van der Waals surface area contributed by atoms with Gasteiger partial charge in [-0.25, -0.2) is 4.68 Å². The van der Waals surface area contributed by atoms with Crippen LogP contribution in [0.4, 0.5) is 0 Å². The van der Waals surface area contributed by atoms with E-state index in [1.165, 1.54) is 23.9 Å². The van der Waals surface area contributed by atoms with Crippen LogP contribution >= 0.6 is 0 Å². The molecule has 0 aliphatic rings. The van der Waals surface area contributed by atoms with Gasteiger partial charge >= 0.3 is 0 Å². The topological polar surface area (TPSA) is 53.4 Å². The largest absolute Gasteiger partial charge is 0.492 e. The number of benzene rings is 1. The summed E-state index contributed by atoms with van der Waals surface area (Å²) in [5.41, 5.74) is -0.174. The van der Waals surface area contributed by atoms with Gasteiger partial charge < -0.3 is 9.47 Å². The fraction of sp³-hybridized carbons (Fsp3) is 0.231. The standard InChI is InChI=1S/C13H14N2O3/c1-17-12-7-8-13(16)15(14-12)9-10-18-11-5-3-2-4-6-11/h2-8H,9-10H2,1H3. The molecule has 0 aliphatic carbocycles. The predicted octanol–water partition coefficient (Wildman–Crippen LogP) is 1.33. The van der Waals surface area contributed by atoms with E-state index in [1.807, 2.05) is 30.3 Å². The summed E-state index contributed by atoms with van der Waals surface area (Å²) in [4.78, 5) is 11.5. The fourth-order valence-electron chi connectivity index (χ4n) is 1.47. The Morgan fingerprint density at radius 3 is 2.67 bits per heavy atom. The number of hydrogen-bond acceptors (Lipinski definition) is 4. The van der Waals surface area contributed by atoms with E-state index in [9.17, 15) is 4.79 Å². The zero-order valence-electron chi connectivity index (χ0n) is 10.1. The molecule has 1 aromatic heterocycles. The van der Waals surface area contributed by atoms with Crippen LogP contribution in [0.25, 0.3) is 0 Å². The van der Waals surface area contributed by atoms with E-state index in [-0.39, 0.29) is 5.56 Å². The molecule has 5 heteroatoms. The highest BCUT2D eigenvalue weighted by atomic mass is 16.5. The third-order valence-corrected chi connectivity index (χ3v) is 2.37. The second-order valence-electron chi connectivity index (χ2n) is 3.60. The highest BCUT2D eigenvalue weighted by molar-refractivity contribution is 5.20. The molecular weight excluding hydrogens is 232 g/mol. The molecule has 0 aliphatic heterocycles. The molecule has 0 bridgehead atoms. The molecule has 5 nitrogen and oxygen atoms in total. The molecule has 0 saturated carbocycles. The van der Waals surface area contributed by atoms with Crippen LogP contribution in [0.2, 0.25) is 0 Å². The molecule has 18 heavy (non-hydrogen) atoms. The van der Waals surface area contributed by atoms with E-state index in [1.54, 1.807) is 0 Å². The van der Waals surface area contributed by atoms with Crippen molar-refractivity contribution >= 4 is 0 Å². The van der Waals surface area contributed by atoms with Gasteiger partial charge in [0.15, 0.2) is 0 Å². The Labute approximate surface area is 105 Å². The van der Waals surface area contributed by atoms with E-state index in [2.05, 4.69) is 5.10 Å². The van der Waals surface area contributed by atoms with Crippen molar-refractivity contribution in [1.29, 1.82) is 0 Å². The van der Waals surface area contributed by atoms with Gasteiger partial charge in [0.05, 0.1) is 13.7 Å². The van der Waals surface area contributed by atoms with Gasteiger partial charge in [-0.3, -0.25) is 4.79 Å². The highest BCUT2D eigenvalue weighted by Gasteiger charge is 2.00. The third-order valence-electron chi connectivity index (χ3n) is 2.37. The smallest absolute Gasteiger partial charge is 0.267 e. The molecule has 1 aromatic carbocycles. The first-order chi connectivity index (χ1) is 8.79. The van der Waals surface area contributed by atoms with Crippen LogP contribution in [0.15, 0.2) is 47.3 Å². The molecule has 0 atom stereocenters. The normalized spacial score (nSPS) is 10.1. The predicted molar refractivity (Wildman–Crippen MR) is 67.0 cm³/mol. The Kier molecular flexibility index (Phi) is 3.96. The molecule has 0 fully saturated rings. The Morgan fingerprint density at radius 1 is 1.17 bits per heavy atom. The van der Waals surface area contributed by atoms with Gasteiger partial charge in [0.25, 0.3) is 5.56 Å². The molecule has 0 unspecified atom stereocenters. The molecule has 0 amide bonds. The number of rotatable bonds is 5. The monoisotopic (exact) mass is 246 g/mol. The zero-order valence-corrected chi connectivity index (χ0v) is 10.1. The number of nitrogens with zero attached hydrogens (tertiary/aromatic N) is 2. The van der Waals surface area contributed by atoms with Crippen LogP contribution in [0, 0.1) is 0 Å². The van der Waals surface area contributed by atoms with Gasteiger partial charge in [-0.2, -0.15) is 0 Å². The van der Waals surface area contributed by atoms with Gasteiger partial charge in [-0.15, -0.1) is 5.10 Å². The maximum absolute atomic E-state index is 11.5. The van der Waals surface area contributed by atoms with Crippen molar-refractivity contribution in [2.75, 3.05) is 13.7 Å². The van der Waals surface area contributed by atoms with E-state index in [4.69, 9.17) is 9.47 Å². The lowest BCUT2D eigenvalue weighted by Gasteiger charge is -2.08. The van der Waals surface area contributed by atoms with Gasteiger partial charge in [0, 0.05) is 12.1 Å². The SMILES string of the molecule is COc1ccc(=O)n(CCOc2ccccc2)n1. The lowest BCUT2D eigenvalue weighted by molar-refractivity contribution is 0.282. The van der Waals surface area contributed by atoms with Crippen LogP contribution in [-0.4, -0.2) is 23.5 Å². The summed E-state index contributed by atoms with van der Waals surface area (Å²) in [7, 11) is 1.51. The van der Waals surface area contributed by atoms with Gasteiger partial charge in [-0.05, 0) is 12.1 Å². The van der Waals surface area contributed by atoms with Crippen molar-refractivity contribution < 1.29 is 9.47 Å². The first kappa shape index (κ1) is 12.2. The molecule has 2 rings (SSSR count). The second kappa shape index (κ2) is 5.86. The molecule has 0 spiro atoms. The molecule has 2 aromatic rings. The van der Waals surface area contributed by atoms with E-state index >= 15 is 0 Å². The van der Waals surface area contributed by atoms with Crippen LogP contribution in [-0.2, 0) is 6.54 Å². The lowest BCUT2D eigenvalue weighted by Crippen LogP contribution is -2.25. The summed E-state index contributed by atoms with van der Waals surface area (Å²) in [5.74, 6) is 1.18. The lowest BCUT2D eigenvalue weighted by atomic mass is 10.3. The van der Waals surface area contributed by atoms with Crippen molar-refractivity contribution in [2.45, 2.75) is 6.54 Å². The zero-order chi connectivity index (χ0) is 12.8. The minimum atomic E-state index is -0.174. The first-order valence-corrected chi connectivity index (χ1v) is 5.59. The molecule has 0 radical (unpaired) electrons. The number of para-hydroxylation sites is 1. The number of hydrogen-bond donors (Lipinski definition) is 0. The summed E-state index contributed by atoms with van der Waals surface area (Å²) in [5, 5.41) is 4.02. The average Bonchev–Trinajstić information content (AvgIpc) is 2.42. The number of aromatic nitrogens is 2. The van der Waals surface area contributed by atoms with Crippen molar-refractivity contribution in [1.82, 2.24) is 9.78 Å². The van der Waals surface area contributed by atoms with Crippen molar-refractivity contribution in [3.05, 3.63) is 52.8 Å². The summed E-state index contributed by atoms with van der Waals surface area (Å²) in [6.07, 6.45) is 0. The van der Waals surface area contributed by atoms with E-state index in [0.29, 0.717) is 19.0 Å². The molecule has 0 saturated heterocycles. The van der Waals surface area contributed by atoms with E-state index < -0.39 is 0 Å². The first-order valence-electron chi connectivity index (χ1n) is 5.59. The highest BCUT2D eigenvalue weighted by Crippen LogP contribution is 2.07. The number of ether oxygens (including phenoxy) is 2. The summed E-state index contributed by atoms with van der Waals surface area (Å²) < 4.78 is 11.8. The minimum Gasteiger partial charge on any atom is -0.492 e. The third kappa shape index (κ3) is 3.10. The van der Waals surface area contributed by atoms with Crippen LogP contribution in [0.3, 0.4) is 0 Å². The van der Waals surface area contributed by atoms with Crippen molar-refractivity contribution in [2.24, 2.45) is 0 Å². The minimum absolute atomic E-state index is 0.174. The quantitative estimate of drug-likeness (QED) is 0.798. The maximum atomic E-state index is 11.5. The van der Waals surface area contributed by atoms with Gasteiger partial charge in [0.2, 0.25) is 5.88 Å². The van der Waals surface area contributed by atoms with Crippen LogP contribution in [0.1, 0.15) is 0 Å². The van der Waals surface area contributed by atoms with Crippen molar-refractivity contribution in [3.63, 3.8) is 0 Å². The van der Waals surface area contributed by atoms with Crippen LogP contribution in [0.5, 0.6) is 11.6 Å². The second-order valence-corrected chi connectivity index (χ2v) is 3.60. The Hall–Kier alpha value is -2.30. The molecule has 0 N–H and O–H groups in total. The fourth-order valence-corrected chi connectivity index (χ4v) is 1.47. The van der Waals surface area contributed by atoms with Gasteiger partial charge in [0.1, 0.15) is 12.4 Å².